The molecule has 3 rings (SSSR count). The first kappa shape index (κ1) is 12.7. The average Bonchev–Trinajstić information content (AvgIpc) is 2.83. The number of fused-ring (bicyclic) bond motifs is 1. The molecule has 2 aromatic rings. The topological polar surface area (TPSA) is 49.3 Å². The van der Waals surface area contributed by atoms with E-state index in [1.807, 2.05) is 24.3 Å². The average molecular weight is 271 g/mol. The fourth-order valence-electron chi connectivity index (χ4n) is 2.61. The standard InChI is InChI=1S/C16H14FNO2/c17-12-5-6-15(19)14(9-12)16(20)18-13-7-10-3-1-2-4-11(10)8-13/h1-6,9,13,19H,7-8H2,(H,18,20). The minimum absolute atomic E-state index is 0.0115. The normalized spacial score (nSPS) is 14.1. The molecule has 102 valence electrons. The third-order valence-corrected chi connectivity index (χ3v) is 3.59. The Hall–Kier alpha value is -2.36. The van der Waals surface area contributed by atoms with Crippen LogP contribution in [0.3, 0.4) is 0 Å². The van der Waals surface area contributed by atoms with Crippen molar-refractivity contribution in [1.82, 2.24) is 5.32 Å². The van der Waals surface area contributed by atoms with E-state index in [4.69, 9.17) is 0 Å². The van der Waals surface area contributed by atoms with Crippen molar-refractivity contribution in [3.8, 4) is 5.75 Å². The monoisotopic (exact) mass is 271 g/mol. The highest BCUT2D eigenvalue weighted by Crippen LogP contribution is 2.23. The van der Waals surface area contributed by atoms with Gasteiger partial charge in [-0.1, -0.05) is 24.3 Å². The molecule has 0 saturated carbocycles. The zero-order valence-corrected chi connectivity index (χ0v) is 10.8. The molecule has 3 nitrogen and oxygen atoms in total. The van der Waals surface area contributed by atoms with Crippen LogP contribution >= 0.6 is 0 Å². The quantitative estimate of drug-likeness (QED) is 0.881. The van der Waals surface area contributed by atoms with Gasteiger partial charge in [0, 0.05) is 6.04 Å². The highest BCUT2D eigenvalue weighted by molar-refractivity contribution is 5.97. The minimum Gasteiger partial charge on any atom is -0.507 e. The summed E-state index contributed by atoms with van der Waals surface area (Å²) in [4.78, 5) is 12.1. The van der Waals surface area contributed by atoms with E-state index < -0.39 is 11.7 Å². The number of phenolic OH excluding ortho intramolecular Hbond substituents is 1. The van der Waals surface area contributed by atoms with Gasteiger partial charge in [-0.25, -0.2) is 4.39 Å². The van der Waals surface area contributed by atoms with Crippen LogP contribution in [0.2, 0.25) is 0 Å². The summed E-state index contributed by atoms with van der Waals surface area (Å²) < 4.78 is 13.1. The van der Waals surface area contributed by atoms with Gasteiger partial charge in [0.05, 0.1) is 5.56 Å². The number of carbonyl (C=O) groups is 1. The van der Waals surface area contributed by atoms with Crippen LogP contribution < -0.4 is 5.32 Å². The van der Waals surface area contributed by atoms with E-state index in [0.717, 1.165) is 25.0 Å². The third kappa shape index (κ3) is 2.37. The molecule has 0 heterocycles. The summed E-state index contributed by atoms with van der Waals surface area (Å²) in [5.41, 5.74) is 2.42. The summed E-state index contributed by atoms with van der Waals surface area (Å²) in [7, 11) is 0. The molecule has 1 aliphatic carbocycles. The Bertz CT molecular complexity index is 644. The Morgan fingerprint density at radius 2 is 1.80 bits per heavy atom. The van der Waals surface area contributed by atoms with E-state index in [1.165, 1.54) is 17.2 Å². The lowest BCUT2D eigenvalue weighted by molar-refractivity contribution is 0.0935. The SMILES string of the molecule is O=C(NC1Cc2ccccc2C1)c1cc(F)ccc1O. The molecule has 20 heavy (non-hydrogen) atoms. The molecule has 0 atom stereocenters. The number of halogens is 1. The number of aromatic hydroxyl groups is 1. The molecule has 0 fully saturated rings. The summed E-state index contributed by atoms with van der Waals surface area (Å²) in [5, 5.41) is 12.5. The predicted octanol–water partition coefficient (Wildman–Crippen LogP) is 2.43. The van der Waals surface area contributed by atoms with Crippen molar-refractivity contribution in [1.29, 1.82) is 0 Å². The Morgan fingerprint density at radius 3 is 2.45 bits per heavy atom. The zero-order chi connectivity index (χ0) is 14.1. The lowest BCUT2D eigenvalue weighted by Crippen LogP contribution is -2.35. The van der Waals surface area contributed by atoms with Gasteiger partial charge >= 0.3 is 0 Å². The maximum Gasteiger partial charge on any atom is 0.255 e. The first-order chi connectivity index (χ1) is 9.63. The number of hydrogen-bond acceptors (Lipinski definition) is 2. The van der Waals surface area contributed by atoms with Crippen LogP contribution in [-0.2, 0) is 12.8 Å². The Kier molecular flexibility index (Phi) is 3.14. The van der Waals surface area contributed by atoms with Gasteiger partial charge in [0.25, 0.3) is 5.91 Å². The van der Waals surface area contributed by atoms with Crippen molar-refractivity contribution in [2.45, 2.75) is 18.9 Å². The van der Waals surface area contributed by atoms with Crippen molar-refractivity contribution < 1.29 is 14.3 Å². The van der Waals surface area contributed by atoms with E-state index in [1.54, 1.807) is 0 Å². The van der Waals surface area contributed by atoms with Crippen LogP contribution in [0.25, 0.3) is 0 Å². The highest BCUT2D eigenvalue weighted by Gasteiger charge is 2.23. The predicted molar refractivity (Wildman–Crippen MR) is 73.2 cm³/mol. The van der Waals surface area contributed by atoms with E-state index in [-0.39, 0.29) is 17.4 Å². The first-order valence-corrected chi connectivity index (χ1v) is 6.49. The molecule has 1 amide bonds. The number of rotatable bonds is 2. The minimum atomic E-state index is -0.539. The number of nitrogens with one attached hydrogen (secondary N) is 1. The maximum absolute atomic E-state index is 13.1. The molecule has 0 bridgehead atoms. The Morgan fingerprint density at radius 1 is 1.15 bits per heavy atom. The Balaban J connectivity index is 1.74. The third-order valence-electron chi connectivity index (χ3n) is 3.59. The van der Waals surface area contributed by atoms with Gasteiger partial charge in [0.1, 0.15) is 11.6 Å². The second-order valence-electron chi connectivity index (χ2n) is 5.01. The molecule has 0 aromatic heterocycles. The molecule has 0 aliphatic heterocycles. The lowest BCUT2D eigenvalue weighted by atomic mass is 10.1. The van der Waals surface area contributed by atoms with Crippen molar-refractivity contribution in [3.05, 3.63) is 65.0 Å². The second kappa shape index (κ2) is 4.96. The fraction of sp³-hybridized carbons (Fsp3) is 0.188. The summed E-state index contributed by atoms with van der Waals surface area (Å²) >= 11 is 0. The smallest absolute Gasteiger partial charge is 0.255 e. The summed E-state index contributed by atoms with van der Waals surface area (Å²) in [6.45, 7) is 0. The van der Waals surface area contributed by atoms with E-state index in [0.29, 0.717) is 0 Å². The Labute approximate surface area is 116 Å². The van der Waals surface area contributed by atoms with E-state index in [9.17, 15) is 14.3 Å². The fourth-order valence-corrected chi connectivity index (χ4v) is 2.61. The van der Waals surface area contributed by atoms with Crippen molar-refractivity contribution in [3.63, 3.8) is 0 Å². The van der Waals surface area contributed by atoms with Gasteiger partial charge in [-0.15, -0.1) is 0 Å². The van der Waals surface area contributed by atoms with Gasteiger partial charge in [0.15, 0.2) is 0 Å². The van der Waals surface area contributed by atoms with Crippen LogP contribution in [0, 0.1) is 5.82 Å². The van der Waals surface area contributed by atoms with E-state index >= 15 is 0 Å². The number of benzene rings is 2. The maximum atomic E-state index is 13.1. The highest BCUT2D eigenvalue weighted by atomic mass is 19.1. The number of amides is 1. The van der Waals surface area contributed by atoms with Crippen LogP contribution in [0.1, 0.15) is 21.5 Å². The lowest BCUT2D eigenvalue weighted by Gasteiger charge is -2.12. The van der Waals surface area contributed by atoms with Crippen LogP contribution in [-0.4, -0.2) is 17.1 Å². The number of phenols is 1. The van der Waals surface area contributed by atoms with Gasteiger partial charge < -0.3 is 10.4 Å². The van der Waals surface area contributed by atoms with Gasteiger partial charge in [-0.3, -0.25) is 4.79 Å². The summed E-state index contributed by atoms with van der Waals surface area (Å²) in [6.07, 6.45) is 1.52. The van der Waals surface area contributed by atoms with Crippen molar-refractivity contribution in [2.24, 2.45) is 0 Å². The molecule has 0 radical (unpaired) electrons. The van der Waals surface area contributed by atoms with Gasteiger partial charge in [0.2, 0.25) is 0 Å². The molecule has 0 saturated heterocycles. The molecule has 0 spiro atoms. The summed E-state index contributed by atoms with van der Waals surface area (Å²) in [6, 6.07) is 11.4. The largest absolute Gasteiger partial charge is 0.507 e. The molecule has 2 aromatic carbocycles. The molecular formula is C16H14FNO2. The molecular weight excluding hydrogens is 257 g/mol. The van der Waals surface area contributed by atoms with Crippen molar-refractivity contribution >= 4 is 5.91 Å². The number of hydrogen-bond donors (Lipinski definition) is 2. The van der Waals surface area contributed by atoms with E-state index in [2.05, 4.69) is 5.32 Å². The van der Waals surface area contributed by atoms with Crippen LogP contribution in [0.5, 0.6) is 5.75 Å². The number of carbonyl (C=O) groups excluding carboxylic acids is 1. The first-order valence-electron chi connectivity index (χ1n) is 6.49. The van der Waals surface area contributed by atoms with Crippen LogP contribution in [0.4, 0.5) is 4.39 Å². The van der Waals surface area contributed by atoms with Gasteiger partial charge in [-0.2, -0.15) is 0 Å². The second-order valence-corrected chi connectivity index (χ2v) is 5.01. The molecule has 2 N–H and O–H groups in total. The van der Waals surface area contributed by atoms with Gasteiger partial charge in [-0.05, 0) is 42.2 Å². The molecule has 1 aliphatic rings. The molecule has 0 unspecified atom stereocenters. The molecule has 4 heteroatoms. The van der Waals surface area contributed by atoms with Crippen LogP contribution in [0.15, 0.2) is 42.5 Å². The zero-order valence-electron chi connectivity index (χ0n) is 10.8. The van der Waals surface area contributed by atoms with Crippen molar-refractivity contribution in [2.75, 3.05) is 0 Å². The summed E-state index contributed by atoms with van der Waals surface area (Å²) in [5.74, 6) is -1.19.